The largest absolute Gasteiger partial charge is 0.454 e. The van der Waals surface area contributed by atoms with Gasteiger partial charge in [-0.1, -0.05) is 41.0 Å². The quantitative estimate of drug-likeness (QED) is 0.814. The first-order chi connectivity index (χ1) is 10.5. The van der Waals surface area contributed by atoms with E-state index in [9.17, 15) is 14.4 Å². The molecular formula is C13H12Cl2N2O4S. The summed E-state index contributed by atoms with van der Waals surface area (Å²) in [6.45, 7) is -0.137. The molecule has 1 aromatic rings. The van der Waals surface area contributed by atoms with Crippen molar-refractivity contribution in [2.45, 2.75) is 0 Å². The fourth-order valence-electron chi connectivity index (χ4n) is 1.71. The molecule has 0 aliphatic carbocycles. The molecule has 0 spiro atoms. The summed E-state index contributed by atoms with van der Waals surface area (Å²) in [6.07, 6.45) is 0. The number of anilines is 1. The van der Waals surface area contributed by atoms with Gasteiger partial charge < -0.3 is 15.0 Å². The molecule has 2 amide bonds. The molecule has 0 radical (unpaired) electrons. The minimum atomic E-state index is -0.642. The van der Waals surface area contributed by atoms with Crippen LogP contribution in [0, 0.1) is 0 Å². The van der Waals surface area contributed by atoms with Crippen LogP contribution in [0.25, 0.3) is 0 Å². The summed E-state index contributed by atoms with van der Waals surface area (Å²) < 4.78 is 4.83. The van der Waals surface area contributed by atoms with Gasteiger partial charge in [-0.2, -0.15) is 0 Å². The van der Waals surface area contributed by atoms with E-state index in [1.807, 2.05) is 0 Å². The van der Waals surface area contributed by atoms with E-state index in [-0.39, 0.29) is 27.5 Å². The van der Waals surface area contributed by atoms with Gasteiger partial charge in [-0.15, -0.1) is 0 Å². The van der Waals surface area contributed by atoms with Crippen LogP contribution >= 0.6 is 35.0 Å². The first-order valence-electron chi connectivity index (χ1n) is 6.28. The topological polar surface area (TPSA) is 75.7 Å². The van der Waals surface area contributed by atoms with Gasteiger partial charge in [0.25, 0.3) is 11.1 Å². The second-order valence-corrected chi connectivity index (χ2v) is 6.20. The standard InChI is InChI=1S/C13H12Cl2N2O4S/c14-8-2-1-3-9(15)12(8)16-10(18)7-21-11(19)6-17-4-5-22-13(17)20/h1-3H,4-7H2,(H,16,18). The van der Waals surface area contributed by atoms with E-state index in [1.165, 1.54) is 4.90 Å². The highest BCUT2D eigenvalue weighted by Gasteiger charge is 2.24. The number of carbonyl (C=O) groups excluding carboxylic acids is 3. The van der Waals surface area contributed by atoms with Gasteiger partial charge in [-0.25, -0.2) is 0 Å². The molecule has 118 valence electrons. The third kappa shape index (κ3) is 4.53. The molecule has 22 heavy (non-hydrogen) atoms. The second-order valence-electron chi connectivity index (χ2n) is 4.34. The predicted octanol–water partition coefficient (Wildman–Crippen LogP) is 2.64. The number of ether oxygens (including phenoxy) is 1. The van der Waals surface area contributed by atoms with Crippen LogP contribution in [0.1, 0.15) is 0 Å². The first-order valence-corrected chi connectivity index (χ1v) is 8.02. The molecule has 0 saturated carbocycles. The zero-order chi connectivity index (χ0) is 16.1. The molecule has 1 saturated heterocycles. The highest BCUT2D eigenvalue weighted by Crippen LogP contribution is 2.29. The van der Waals surface area contributed by atoms with Gasteiger partial charge in [0.15, 0.2) is 6.61 Å². The van der Waals surface area contributed by atoms with E-state index in [2.05, 4.69) is 5.32 Å². The molecule has 1 aromatic carbocycles. The lowest BCUT2D eigenvalue weighted by Crippen LogP contribution is -2.32. The fraction of sp³-hybridized carbons (Fsp3) is 0.308. The zero-order valence-electron chi connectivity index (χ0n) is 11.3. The molecule has 6 nitrogen and oxygen atoms in total. The van der Waals surface area contributed by atoms with Crippen LogP contribution in [-0.2, 0) is 14.3 Å². The number of benzene rings is 1. The smallest absolute Gasteiger partial charge is 0.326 e. The minimum Gasteiger partial charge on any atom is -0.454 e. The van der Waals surface area contributed by atoms with Crippen LogP contribution in [-0.4, -0.2) is 47.5 Å². The van der Waals surface area contributed by atoms with Crippen molar-refractivity contribution >= 4 is 57.8 Å². The summed E-state index contributed by atoms with van der Waals surface area (Å²) in [7, 11) is 0. The van der Waals surface area contributed by atoms with Crippen LogP contribution < -0.4 is 5.32 Å². The Bertz CT molecular complexity index is 591. The Morgan fingerprint density at radius 1 is 1.32 bits per heavy atom. The van der Waals surface area contributed by atoms with Gasteiger partial charge in [0.1, 0.15) is 6.54 Å². The summed E-state index contributed by atoms with van der Waals surface area (Å²) >= 11 is 13.0. The van der Waals surface area contributed by atoms with Gasteiger partial charge in [0, 0.05) is 12.3 Å². The van der Waals surface area contributed by atoms with Gasteiger partial charge >= 0.3 is 5.97 Å². The average molecular weight is 363 g/mol. The van der Waals surface area contributed by atoms with Crippen molar-refractivity contribution in [2.24, 2.45) is 0 Å². The molecule has 1 aliphatic rings. The minimum absolute atomic E-state index is 0.161. The van der Waals surface area contributed by atoms with Gasteiger partial charge in [-0.3, -0.25) is 14.4 Å². The predicted molar refractivity (Wildman–Crippen MR) is 85.5 cm³/mol. The third-order valence-electron chi connectivity index (χ3n) is 2.76. The van der Waals surface area contributed by atoms with Crippen molar-refractivity contribution in [3.05, 3.63) is 28.2 Å². The van der Waals surface area contributed by atoms with Crippen molar-refractivity contribution in [1.29, 1.82) is 0 Å². The molecule has 1 fully saturated rings. The summed E-state index contributed by atoms with van der Waals surface area (Å²) in [6, 6.07) is 4.79. The molecule has 2 rings (SSSR count). The van der Waals surface area contributed by atoms with Gasteiger partial charge in [0.2, 0.25) is 0 Å². The Morgan fingerprint density at radius 2 is 2.00 bits per heavy atom. The van der Waals surface area contributed by atoms with Crippen LogP contribution in [0.5, 0.6) is 0 Å². The Hall–Kier alpha value is -1.44. The number of esters is 1. The number of rotatable bonds is 5. The summed E-state index contributed by atoms with van der Waals surface area (Å²) in [5, 5.41) is 2.88. The lowest BCUT2D eigenvalue weighted by molar-refractivity contribution is -0.147. The number of thioether (sulfide) groups is 1. The van der Waals surface area contributed by atoms with Crippen LogP contribution in [0.3, 0.4) is 0 Å². The van der Waals surface area contributed by atoms with Crippen molar-refractivity contribution in [2.75, 3.05) is 30.8 Å². The Morgan fingerprint density at radius 3 is 2.59 bits per heavy atom. The molecule has 1 N–H and O–H groups in total. The van der Waals surface area contributed by atoms with E-state index in [0.717, 1.165) is 11.8 Å². The number of amides is 2. The number of nitrogens with one attached hydrogen (secondary N) is 1. The Labute approximate surface area is 141 Å². The number of hydrogen-bond donors (Lipinski definition) is 1. The fourth-order valence-corrected chi connectivity index (χ4v) is 3.03. The lowest BCUT2D eigenvalue weighted by Gasteiger charge is -2.13. The summed E-state index contributed by atoms with van der Waals surface area (Å²) in [5.41, 5.74) is 0.262. The molecule has 0 unspecified atom stereocenters. The molecule has 1 heterocycles. The van der Waals surface area contributed by atoms with E-state index in [4.69, 9.17) is 27.9 Å². The Kier molecular flexibility index (Phi) is 5.93. The maximum Gasteiger partial charge on any atom is 0.326 e. The maximum absolute atomic E-state index is 11.7. The molecule has 0 bridgehead atoms. The van der Waals surface area contributed by atoms with Crippen molar-refractivity contribution in [1.82, 2.24) is 4.90 Å². The molecule has 0 aromatic heterocycles. The SMILES string of the molecule is O=C(COC(=O)CN1CCSC1=O)Nc1c(Cl)cccc1Cl. The van der Waals surface area contributed by atoms with Crippen molar-refractivity contribution in [3.8, 4) is 0 Å². The third-order valence-corrected chi connectivity index (χ3v) is 4.28. The second kappa shape index (κ2) is 7.71. The van der Waals surface area contributed by atoms with Crippen molar-refractivity contribution < 1.29 is 19.1 Å². The van der Waals surface area contributed by atoms with Crippen molar-refractivity contribution in [3.63, 3.8) is 0 Å². The van der Waals surface area contributed by atoms with Crippen LogP contribution in [0.15, 0.2) is 18.2 Å². The molecular weight excluding hydrogens is 351 g/mol. The molecule has 0 atom stereocenters. The van der Waals surface area contributed by atoms with Gasteiger partial charge in [-0.05, 0) is 12.1 Å². The number of para-hydroxylation sites is 1. The van der Waals surface area contributed by atoms with E-state index in [0.29, 0.717) is 12.3 Å². The number of hydrogen-bond acceptors (Lipinski definition) is 5. The van der Waals surface area contributed by atoms with Gasteiger partial charge in [0.05, 0.1) is 15.7 Å². The normalized spacial score (nSPS) is 14.1. The molecule has 9 heteroatoms. The maximum atomic E-state index is 11.7. The summed E-state index contributed by atoms with van der Waals surface area (Å²) in [4.78, 5) is 36.0. The van der Waals surface area contributed by atoms with E-state index in [1.54, 1.807) is 18.2 Å². The lowest BCUT2D eigenvalue weighted by atomic mass is 10.3. The zero-order valence-corrected chi connectivity index (χ0v) is 13.6. The van der Waals surface area contributed by atoms with Crippen LogP contribution in [0.4, 0.5) is 10.5 Å². The average Bonchev–Trinajstić information content (AvgIpc) is 2.86. The first kappa shape index (κ1) is 16.9. The monoisotopic (exact) mass is 362 g/mol. The van der Waals surface area contributed by atoms with Crippen LogP contribution in [0.2, 0.25) is 10.0 Å². The number of carbonyl (C=O) groups is 3. The molecule has 1 aliphatic heterocycles. The van der Waals surface area contributed by atoms with E-state index >= 15 is 0 Å². The highest BCUT2D eigenvalue weighted by atomic mass is 35.5. The van der Waals surface area contributed by atoms with E-state index < -0.39 is 18.5 Å². The number of nitrogens with zero attached hydrogens (tertiary/aromatic N) is 1. The highest BCUT2D eigenvalue weighted by molar-refractivity contribution is 8.13. The number of halogens is 2. The Balaban J connectivity index is 1.80. The summed E-state index contributed by atoms with van der Waals surface area (Å²) in [5.74, 6) is -0.556.